The molecule has 0 aliphatic rings. The van der Waals surface area contributed by atoms with Gasteiger partial charge in [0.05, 0.1) is 0 Å². The highest BCUT2D eigenvalue weighted by molar-refractivity contribution is 4.90. The van der Waals surface area contributed by atoms with E-state index in [0.29, 0.717) is 0 Å². The van der Waals surface area contributed by atoms with Gasteiger partial charge in [-0.15, -0.1) is 0 Å². The monoisotopic (exact) mass is 235 g/mol. The van der Waals surface area contributed by atoms with E-state index >= 15 is 0 Å². The molecule has 0 aliphatic heterocycles. The summed E-state index contributed by atoms with van der Waals surface area (Å²) in [6.45, 7) is 3.22. The largest absolute Gasteiger partial charge is 0.456 e. The minimum atomic E-state index is -5.78. The average molecular weight is 235 g/mol. The Bertz CT molecular complexity index is 204. The van der Waals surface area contributed by atoms with Crippen LogP contribution in [0.3, 0.4) is 0 Å². The predicted molar refractivity (Wildman–Crippen MR) is 44.4 cm³/mol. The topological polar surface area (TPSA) is 46.2 Å². The molecule has 0 rings (SSSR count). The number of aliphatic hydroxyl groups excluding tert-OH is 1. The normalized spacial score (nSPS) is 18.0. The van der Waals surface area contributed by atoms with Crippen molar-refractivity contribution in [2.75, 3.05) is 0 Å². The predicted octanol–water partition coefficient (Wildman–Crippen LogP) is 1.92. The van der Waals surface area contributed by atoms with Gasteiger partial charge in [-0.2, -0.15) is 22.0 Å². The second-order valence-electron chi connectivity index (χ2n) is 3.86. The Kier molecular flexibility index (Phi) is 4.48. The third-order valence-electron chi connectivity index (χ3n) is 1.90. The lowest BCUT2D eigenvalue weighted by Crippen LogP contribution is -2.55. The molecule has 2 atom stereocenters. The van der Waals surface area contributed by atoms with Gasteiger partial charge in [-0.3, -0.25) is 0 Å². The Morgan fingerprint density at radius 2 is 1.53 bits per heavy atom. The number of halogens is 5. The van der Waals surface area contributed by atoms with E-state index in [1.54, 1.807) is 13.8 Å². The van der Waals surface area contributed by atoms with E-state index in [1.165, 1.54) is 0 Å². The Balaban J connectivity index is 4.62. The van der Waals surface area contributed by atoms with Gasteiger partial charge in [-0.25, -0.2) is 0 Å². The first-order chi connectivity index (χ1) is 6.50. The van der Waals surface area contributed by atoms with Gasteiger partial charge in [-0.1, -0.05) is 13.8 Å². The zero-order valence-electron chi connectivity index (χ0n) is 8.35. The number of aliphatic hydroxyl groups is 1. The number of nitrogens with two attached hydrogens (primary N) is 1. The van der Waals surface area contributed by atoms with Gasteiger partial charge in [-0.05, 0) is 12.3 Å². The molecule has 0 fully saturated rings. The first-order valence-electron chi connectivity index (χ1n) is 4.38. The van der Waals surface area contributed by atoms with E-state index in [0.717, 1.165) is 0 Å². The van der Waals surface area contributed by atoms with Gasteiger partial charge in [0, 0.05) is 6.04 Å². The molecule has 0 aromatic carbocycles. The van der Waals surface area contributed by atoms with Crippen LogP contribution < -0.4 is 5.73 Å². The summed E-state index contributed by atoms with van der Waals surface area (Å²) in [5.41, 5.74) is 5.07. The molecule has 92 valence electrons. The van der Waals surface area contributed by atoms with Crippen molar-refractivity contribution >= 4 is 0 Å². The summed E-state index contributed by atoms with van der Waals surface area (Å²) in [6.07, 6.45) is -8.78. The molecular formula is C8H14F5NO. The van der Waals surface area contributed by atoms with Crippen LogP contribution in [0.1, 0.15) is 20.3 Å². The van der Waals surface area contributed by atoms with E-state index < -0.39 is 24.2 Å². The minimum absolute atomic E-state index is 0.104. The van der Waals surface area contributed by atoms with E-state index in [9.17, 15) is 22.0 Å². The number of hydrogen-bond donors (Lipinski definition) is 2. The number of hydrogen-bond acceptors (Lipinski definition) is 2. The molecule has 0 aliphatic carbocycles. The highest BCUT2D eigenvalue weighted by Crippen LogP contribution is 2.39. The van der Waals surface area contributed by atoms with Crippen LogP contribution in [-0.4, -0.2) is 29.4 Å². The van der Waals surface area contributed by atoms with E-state index in [1.807, 2.05) is 0 Å². The summed E-state index contributed by atoms with van der Waals surface area (Å²) >= 11 is 0. The fraction of sp³-hybridized carbons (Fsp3) is 1.00. The van der Waals surface area contributed by atoms with E-state index in [2.05, 4.69) is 0 Å². The van der Waals surface area contributed by atoms with Gasteiger partial charge >= 0.3 is 12.1 Å². The smallest absolute Gasteiger partial charge is 0.385 e. The molecule has 0 amide bonds. The Morgan fingerprint density at radius 3 is 1.80 bits per heavy atom. The van der Waals surface area contributed by atoms with Crippen LogP contribution in [0.5, 0.6) is 0 Å². The molecule has 0 heterocycles. The van der Waals surface area contributed by atoms with Crippen LogP contribution >= 0.6 is 0 Å². The fourth-order valence-electron chi connectivity index (χ4n) is 1.11. The Hall–Kier alpha value is -0.430. The summed E-state index contributed by atoms with van der Waals surface area (Å²) in [5.74, 6) is -5.33. The van der Waals surface area contributed by atoms with Crippen LogP contribution in [0.15, 0.2) is 0 Å². The maximum Gasteiger partial charge on any atom is 0.456 e. The van der Waals surface area contributed by atoms with Crippen molar-refractivity contribution in [2.24, 2.45) is 11.7 Å². The second kappa shape index (κ2) is 4.61. The highest BCUT2D eigenvalue weighted by atomic mass is 19.4. The summed E-state index contributed by atoms with van der Waals surface area (Å²) in [5, 5.41) is 8.83. The van der Waals surface area contributed by atoms with Gasteiger partial charge in [0.15, 0.2) is 0 Å². The summed E-state index contributed by atoms with van der Waals surface area (Å²) < 4.78 is 60.6. The first kappa shape index (κ1) is 14.6. The van der Waals surface area contributed by atoms with E-state index in [-0.39, 0.29) is 12.3 Å². The third-order valence-corrected chi connectivity index (χ3v) is 1.90. The minimum Gasteiger partial charge on any atom is -0.385 e. The van der Waals surface area contributed by atoms with Crippen molar-refractivity contribution in [3.8, 4) is 0 Å². The summed E-state index contributed by atoms with van der Waals surface area (Å²) in [7, 11) is 0. The molecule has 2 unspecified atom stereocenters. The van der Waals surface area contributed by atoms with Gasteiger partial charge in [0.25, 0.3) is 0 Å². The molecule has 2 nitrogen and oxygen atoms in total. The maximum absolute atomic E-state index is 12.6. The average Bonchev–Trinajstić information content (AvgIpc) is 1.99. The van der Waals surface area contributed by atoms with E-state index in [4.69, 9.17) is 10.8 Å². The zero-order valence-corrected chi connectivity index (χ0v) is 8.35. The van der Waals surface area contributed by atoms with Crippen molar-refractivity contribution < 1.29 is 27.1 Å². The van der Waals surface area contributed by atoms with Crippen LogP contribution in [-0.2, 0) is 0 Å². The Labute approximate surface area is 84.3 Å². The zero-order chi connectivity index (χ0) is 12.4. The molecule has 0 aromatic rings. The molecule has 15 heavy (non-hydrogen) atoms. The number of alkyl halides is 5. The van der Waals surface area contributed by atoms with Crippen LogP contribution in [0, 0.1) is 5.92 Å². The molecule has 0 spiro atoms. The van der Waals surface area contributed by atoms with Crippen molar-refractivity contribution in [3.63, 3.8) is 0 Å². The number of rotatable bonds is 4. The molecule has 0 saturated heterocycles. The quantitative estimate of drug-likeness (QED) is 0.731. The SMILES string of the molecule is CC(C)CC(N)C(O)C(F)(F)C(F)(F)F. The molecule has 0 saturated carbocycles. The summed E-state index contributed by atoms with van der Waals surface area (Å²) in [4.78, 5) is 0. The molecule has 7 heteroatoms. The lowest BCUT2D eigenvalue weighted by Gasteiger charge is -2.29. The molecule has 0 bridgehead atoms. The van der Waals surface area contributed by atoms with Gasteiger partial charge in [0.2, 0.25) is 0 Å². The summed E-state index contributed by atoms with van der Waals surface area (Å²) in [6, 6.07) is -1.60. The van der Waals surface area contributed by atoms with Crippen LogP contribution in [0.2, 0.25) is 0 Å². The van der Waals surface area contributed by atoms with Crippen LogP contribution in [0.4, 0.5) is 22.0 Å². The lowest BCUT2D eigenvalue weighted by atomic mass is 9.96. The molecular weight excluding hydrogens is 221 g/mol. The molecule has 0 radical (unpaired) electrons. The molecule has 0 aromatic heterocycles. The second-order valence-corrected chi connectivity index (χ2v) is 3.86. The molecule has 3 N–H and O–H groups in total. The van der Waals surface area contributed by atoms with Crippen molar-refractivity contribution in [1.29, 1.82) is 0 Å². The lowest BCUT2D eigenvalue weighted by molar-refractivity contribution is -0.315. The third kappa shape index (κ3) is 3.57. The van der Waals surface area contributed by atoms with Crippen molar-refractivity contribution in [2.45, 2.75) is 44.5 Å². The standard InChI is InChI=1S/C8H14F5NO/c1-4(2)3-5(14)6(15)7(9,10)8(11,12)13/h4-6,15H,3,14H2,1-2H3. The highest BCUT2D eigenvalue weighted by Gasteiger charge is 2.63. The first-order valence-corrected chi connectivity index (χ1v) is 4.38. The fourth-order valence-corrected chi connectivity index (χ4v) is 1.11. The van der Waals surface area contributed by atoms with Crippen molar-refractivity contribution in [1.82, 2.24) is 0 Å². The van der Waals surface area contributed by atoms with Crippen molar-refractivity contribution in [3.05, 3.63) is 0 Å². The maximum atomic E-state index is 12.6. The Morgan fingerprint density at radius 1 is 1.13 bits per heavy atom. The van der Waals surface area contributed by atoms with Gasteiger partial charge < -0.3 is 10.8 Å². The van der Waals surface area contributed by atoms with Crippen LogP contribution in [0.25, 0.3) is 0 Å². The van der Waals surface area contributed by atoms with Gasteiger partial charge in [0.1, 0.15) is 6.10 Å².